The number of pyridine rings is 1. The van der Waals surface area contributed by atoms with E-state index in [-0.39, 0.29) is 24.1 Å². The number of nitrogens with zero attached hydrogens (tertiary/aromatic N) is 2. The molecule has 4 rings (SSSR count). The SMILES string of the molecule is Cc1c(N2CCC(O)(CO)C(C)C2)ccc2c(=O)c(C(=O)O)cn(C3CC3)c12. The molecular formula is C21H26N2O5. The van der Waals surface area contributed by atoms with Gasteiger partial charge in [-0.1, -0.05) is 6.92 Å². The number of aromatic nitrogens is 1. The van der Waals surface area contributed by atoms with Crippen LogP contribution in [0.4, 0.5) is 5.69 Å². The fourth-order valence-electron chi connectivity index (χ4n) is 4.37. The summed E-state index contributed by atoms with van der Waals surface area (Å²) < 4.78 is 1.95. The summed E-state index contributed by atoms with van der Waals surface area (Å²) in [5.41, 5.74) is 1.03. The zero-order valence-corrected chi connectivity index (χ0v) is 16.2. The van der Waals surface area contributed by atoms with Crippen LogP contribution in [0, 0.1) is 12.8 Å². The number of aryl methyl sites for hydroxylation is 1. The Hall–Kier alpha value is -2.38. The van der Waals surface area contributed by atoms with Crippen molar-refractivity contribution in [2.45, 2.75) is 44.8 Å². The van der Waals surface area contributed by atoms with Crippen molar-refractivity contribution in [1.82, 2.24) is 4.57 Å². The zero-order valence-electron chi connectivity index (χ0n) is 16.2. The molecule has 150 valence electrons. The smallest absolute Gasteiger partial charge is 0.341 e. The Labute approximate surface area is 162 Å². The molecule has 1 aromatic heterocycles. The summed E-state index contributed by atoms with van der Waals surface area (Å²) in [4.78, 5) is 26.4. The normalized spacial score (nSPS) is 25.3. The Morgan fingerprint density at radius 1 is 1.32 bits per heavy atom. The minimum atomic E-state index is -1.20. The third kappa shape index (κ3) is 2.89. The highest BCUT2D eigenvalue weighted by Gasteiger charge is 2.39. The number of aliphatic hydroxyl groups excluding tert-OH is 1. The van der Waals surface area contributed by atoms with E-state index in [9.17, 15) is 24.9 Å². The van der Waals surface area contributed by atoms with Gasteiger partial charge in [0, 0.05) is 42.3 Å². The minimum Gasteiger partial charge on any atom is -0.477 e. The van der Waals surface area contributed by atoms with Crippen LogP contribution < -0.4 is 10.3 Å². The summed E-state index contributed by atoms with van der Waals surface area (Å²) in [5.74, 6) is -1.29. The third-order valence-electron chi connectivity index (χ3n) is 6.43. The van der Waals surface area contributed by atoms with E-state index in [2.05, 4.69) is 4.90 Å². The van der Waals surface area contributed by atoms with Gasteiger partial charge in [0.1, 0.15) is 5.56 Å². The van der Waals surface area contributed by atoms with Gasteiger partial charge in [-0.25, -0.2) is 4.79 Å². The van der Waals surface area contributed by atoms with Crippen LogP contribution in [-0.4, -0.2) is 51.2 Å². The number of aromatic carboxylic acids is 1. The van der Waals surface area contributed by atoms with Crippen molar-refractivity contribution in [1.29, 1.82) is 0 Å². The van der Waals surface area contributed by atoms with Gasteiger partial charge in [-0.3, -0.25) is 4.79 Å². The second-order valence-corrected chi connectivity index (χ2v) is 8.28. The molecule has 0 spiro atoms. The maximum Gasteiger partial charge on any atom is 0.341 e. The predicted octanol–water partition coefficient (Wildman–Crippen LogP) is 1.91. The van der Waals surface area contributed by atoms with Gasteiger partial charge in [-0.05, 0) is 43.9 Å². The van der Waals surface area contributed by atoms with E-state index in [0.717, 1.165) is 29.6 Å². The van der Waals surface area contributed by atoms with Crippen LogP contribution in [0.3, 0.4) is 0 Å². The monoisotopic (exact) mass is 386 g/mol. The molecule has 2 fully saturated rings. The lowest BCUT2D eigenvalue weighted by molar-refractivity contribution is -0.0681. The Kier molecular flexibility index (Phi) is 4.47. The van der Waals surface area contributed by atoms with Crippen molar-refractivity contribution in [3.8, 4) is 0 Å². The number of hydrogen-bond acceptors (Lipinski definition) is 5. The minimum absolute atomic E-state index is 0.0960. The van der Waals surface area contributed by atoms with Gasteiger partial charge in [-0.2, -0.15) is 0 Å². The van der Waals surface area contributed by atoms with Crippen molar-refractivity contribution in [2.75, 3.05) is 24.6 Å². The number of carbonyl (C=O) groups is 1. The first kappa shape index (κ1) is 19.0. The highest BCUT2D eigenvalue weighted by atomic mass is 16.4. The summed E-state index contributed by atoms with van der Waals surface area (Å²) in [6.07, 6.45) is 3.91. The van der Waals surface area contributed by atoms with E-state index in [0.29, 0.717) is 24.9 Å². The largest absolute Gasteiger partial charge is 0.477 e. The molecule has 2 atom stereocenters. The fraction of sp³-hybridized carbons (Fsp3) is 0.524. The lowest BCUT2D eigenvalue weighted by Crippen LogP contribution is -2.53. The van der Waals surface area contributed by atoms with Gasteiger partial charge >= 0.3 is 5.97 Å². The number of piperidine rings is 1. The van der Waals surface area contributed by atoms with Crippen molar-refractivity contribution in [2.24, 2.45) is 5.92 Å². The van der Waals surface area contributed by atoms with E-state index in [1.807, 2.05) is 24.5 Å². The standard InChI is InChI=1S/C21H26N2O5/c1-12-9-22(8-7-21(12,28)11-24)17-6-5-15-18(13(17)2)23(14-3-4-14)10-16(19(15)25)20(26)27/h5-6,10,12,14,24,28H,3-4,7-9,11H2,1-2H3,(H,26,27). The second kappa shape index (κ2) is 6.60. The van der Waals surface area contributed by atoms with Crippen LogP contribution >= 0.6 is 0 Å². The van der Waals surface area contributed by atoms with Gasteiger partial charge in [0.05, 0.1) is 17.7 Å². The summed E-state index contributed by atoms with van der Waals surface area (Å²) in [6, 6.07) is 3.83. The molecule has 28 heavy (non-hydrogen) atoms. The first-order chi connectivity index (χ1) is 13.3. The molecule has 1 aromatic carbocycles. The molecule has 0 radical (unpaired) electrons. The van der Waals surface area contributed by atoms with Crippen molar-refractivity contribution in [3.63, 3.8) is 0 Å². The van der Waals surface area contributed by atoms with Crippen LogP contribution in [0.5, 0.6) is 0 Å². The Bertz CT molecular complexity index is 1010. The van der Waals surface area contributed by atoms with Crippen molar-refractivity contribution < 1.29 is 20.1 Å². The van der Waals surface area contributed by atoms with E-state index in [4.69, 9.17) is 0 Å². The van der Waals surface area contributed by atoms with Gasteiger partial charge in [0.25, 0.3) is 0 Å². The van der Waals surface area contributed by atoms with E-state index in [1.54, 1.807) is 6.07 Å². The molecule has 7 heteroatoms. The number of carboxylic acid groups (broad SMARTS) is 1. The molecule has 1 aliphatic heterocycles. The van der Waals surface area contributed by atoms with E-state index >= 15 is 0 Å². The van der Waals surface area contributed by atoms with Crippen LogP contribution in [0.25, 0.3) is 10.9 Å². The van der Waals surface area contributed by atoms with Crippen LogP contribution in [0.2, 0.25) is 0 Å². The molecule has 2 unspecified atom stereocenters. The summed E-state index contributed by atoms with van der Waals surface area (Å²) in [5, 5.41) is 29.9. The van der Waals surface area contributed by atoms with Crippen LogP contribution in [0.15, 0.2) is 23.1 Å². The summed E-state index contributed by atoms with van der Waals surface area (Å²) >= 11 is 0. The van der Waals surface area contributed by atoms with Crippen LogP contribution in [-0.2, 0) is 0 Å². The van der Waals surface area contributed by atoms with Gasteiger partial charge in [0.15, 0.2) is 0 Å². The molecule has 0 amide bonds. The number of benzene rings is 1. The lowest BCUT2D eigenvalue weighted by atomic mass is 9.82. The molecule has 0 bridgehead atoms. The summed E-state index contributed by atoms with van der Waals surface area (Å²) in [6.45, 7) is 4.85. The molecular weight excluding hydrogens is 360 g/mol. The lowest BCUT2D eigenvalue weighted by Gasteiger charge is -2.43. The molecule has 2 heterocycles. The van der Waals surface area contributed by atoms with Gasteiger partial charge in [-0.15, -0.1) is 0 Å². The number of anilines is 1. The summed E-state index contributed by atoms with van der Waals surface area (Å²) in [7, 11) is 0. The molecule has 1 saturated carbocycles. The first-order valence-electron chi connectivity index (χ1n) is 9.76. The maximum atomic E-state index is 12.7. The molecule has 1 saturated heterocycles. The average molecular weight is 386 g/mol. The molecule has 7 nitrogen and oxygen atoms in total. The second-order valence-electron chi connectivity index (χ2n) is 8.28. The quantitative estimate of drug-likeness (QED) is 0.742. The predicted molar refractivity (Wildman–Crippen MR) is 106 cm³/mol. The Balaban J connectivity index is 1.84. The molecule has 2 aromatic rings. The van der Waals surface area contributed by atoms with Crippen LogP contribution in [0.1, 0.15) is 48.1 Å². The van der Waals surface area contributed by atoms with Crippen molar-refractivity contribution >= 4 is 22.6 Å². The number of rotatable bonds is 4. The van der Waals surface area contributed by atoms with Crippen molar-refractivity contribution in [3.05, 3.63) is 39.7 Å². The average Bonchev–Trinajstić information content (AvgIpc) is 3.50. The maximum absolute atomic E-state index is 12.7. The number of fused-ring (bicyclic) bond motifs is 1. The Morgan fingerprint density at radius 3 is 2.61 bits per heavy atom. The topological polar surface area (TPSA) is 103 Å². The van der Waals surface area contributed by atoms with E-state index in [1.165, 1.54) is 6.20 Å². The fourth-order valence-corrected chi connectivity index (χ4v) is 4.37. The number of aliphatic hydroxyl groups is 2. The highest BCUT2D eigenvalue weighted by molar-refractivity contribution is 5.95. The number of carboxylic acids is 1. The first-order valence-corrected chi connectivity index (χ1v) is 9.76. The Morgan fingerprint density at radius 2 is 2.04 bits per heavy atom. The van der Waals surface area contributed by atoms with E-state index < -0.39 is 17.0 Å². The zero-order chi connectivity index (χ0) is 20.2. The highest BCUT2D eigenvalue weighted by Crippen LogP contribution is 2.40. The molecule has 2 aliphatic rings. The molecule has 3 N–H and O–H groups in total. The number of hydrogen-bond donors (Lipinski definition) is 3. The van der Waals surface area contributed by atoms with Gasteiger partial charge < -0.3 is 24.8 Å². The third-order valence-corrected chi connectivity index (χ3v) is 6.43. The van der Waals surface area contributed by atoms with Gasteiger partial charge in [0.2, 0.25) is 5.43 Å². The molecule has 1 aliphatic carbocycles.